The van der Waals surface area contributed by atoms with Gasteiger partial charge in [0.2, 0.25) is 0 Å². The lowest BCUT2D eigenvalue weighted by molar-refractivity contribution is -0.0865. The molecular weight excluding hydrogens is 443 g/mol. The number of fused-ring (bicyclic) bond motifs is 3. The van der Waals surface area contributed by atoms with E-state index in [1.807, 2.05) is 18.2 Å². The second-order valence-electron chi connectivity index (χ2n) is 10.3. The molecule has 1 fully saturated rings. The summed E-state index contributed by atoms with van der Waals surface area (Å²) in [6.07, 6.45) is 2.56. The molecule has 34 heavy (non-hydrogen) atoms. The van der Waals surface area contributed by atoms with Gasteiger partial charge in [0.15, 0.2) is 0 Å². The molecule has 0 amide bonds. The van der Waals surface area contributed by atoms with Crippen LogP contribution in [0.15, 0.2) is 41.4 Å². The quantitative estimate of drug-likeness (QED) is 0.674. The molecule has 3 aliphatic rings. The molecule has 1 saturated carbocycles. The Morgan fingerprint density at radius 1 is 1.15 bits per heavy atom. The molecule has 0 bridgehead atoms. The third-order valence-corrected chi connectivity index (χ3v) is 8.31. The molecule has 5 nitrogen and oxygen atoms in total. The summed E-state index contributed by atoms with van der Waals surface area (Å²) in [4.78, 5) is 4.90. The zero-order valence-corrected chi connectivity index (χ0v) is 20.4. The van der Waals surface area contributed by atoms with E-state index in [-0.39, 0.29) is 29.4 Å². The monoisotopic (exact) mass is 469 g/mol. The number of ether oxygens (including phenoxy) is 2. The van der Waals surface area contributed by atoms with E-state index in [2.05, 4.69) is 32.0 Å². The zero-order valence-electron chi connectivity index (χ0n) is 19.6. The average molecular weight is 470 g/mol. The Bertz CT molecular complexity index is 1230. The number of aliphatic imine (C=N–C) groups is 1. The number of benzene rings is 2. The summed E-state index contributed by atoms with van der Waals surface area (Å²) in [7, 11) is 15.2. The van der Waals surface area contributed by atoms with Crippen LogP contribution in [0.4, 0.5) is 0 Å². The van der Waals surface area contributed by atoms with E-state index < -0.39 is 10.9 Å². The summed E-state index contributed by atoms with van der Waals surface area (Å²) in [5.41, 5.74) is 8.99. The molecule has 2 aromatic rings. The van der Waals surface area contributed by atoms with Gasteiger partial charge in [-0.1, -0.05) is 37.6 Å². The molecule has 0 saturated heterocycles. The fourth-order valence-electron chi connectivity index (χ4n) is 7.19. The summed E-state index contributed by atoms with van der Waals surface area (Å²) in [5.74, 6) is 0.552. The number of halogens is 1. The van der Waals surface area contributed by atoms with Gasteiger partial charge in [0, 0.05) is 17.5 Å². The van der Waals surface area contributed by atoms with E-state index in [1.54, 1.807) is 13.2 Å². The first-order valence-corrected chi connectivity index (χ1v) is 11.9. The largest absolute Gasteiger partial charge is 0.476 e. The van der Waals surface area contributed by atoms with E-state index in [4.69, 9.17) is 47.5 Å². The molecule has 5 rings (SSSR count). The number of methoxy groups -OCH3 is 1. The number of nitrogens with zero attached hydrogens (tertiary/aromatic N) is 2. The molecule has 2 spiro atoms. The lowest BCUT2D eigenvalue weighted by Gasteiger charge is -2.55. The summed E-state index contributed by atoms with van der Waals surface area (Å²) in [5, 5.41) is 8.31. The van der Waals surface area contributed by atoms with Crippen LogP contribution in [0.25, 0.3) is 11.1 Å². The number of nitriles is 1. The van der Waals surface area contributed by atoms with Gasteiger partial charge in [-0.15, -0.1) is 0 Å². The van der Waals surface area contributed by atoms with Crippen molar-refractivity contribution in [2.75, 3.05) is 7.11 Å². The highest BCUT2D eigenvalue weighted by molar-refractivity contribution is 6.41. The van der Waals surface area contributed by atoms with Crippen molar-refractivity contribution < 1.29 is 9.47 Å². The normalized spacial score (nSPS) is 33.4. The van der Waals surface area contributed by atoms with Crippen LogP contribution in [0, 0.1) is 28.6 Å². The third kappa shape index (κ3) is 3.15. The van der Waals surface area contributed by atoms with Gasteiger partial charge in [-0.3, -0.25) is 0 Å². The van der Waals surface area contributed by atoms with E-state index in [9.17, 15) is 5.26 Å². The van der Waals surface area contributed by atoms with Gasteiger partial charge in [0.1, 0.15) is 21.2 Å². The summed E-state index contributed by atoms with van der Waals surface area (Å²) < 4.78 is 11.6. The average Bonchev–Trinajstić information content (AvgIpc) is 3.16. The molecule has 2 aromatic carbocycles. The minimum Gasteiger partial charge on any atom is -0.476 e. The van der Waals surface area contributed by atoms with Crippen molar-refractivity contribution in [3.05, 3.63) is 58.1 Å². The SMILES string of the molecule is [B]C1([B])OC(N)=NC12c1cc(-c3cc(Cl)cc(C#N)c3)ccc1CC21C[C@@H](C)C(OC)[C@@H](C)C1. The molecule has 170 valence electrons. The first-order chi connectivity index (χ1) is 16.1. The van der Waals surface area contributed by atoms with E-state index in [0.717, 1.165) is 41.5 Å². The number of amidine groups is 1. The Balaban J connectivity index is 1.71. The summed E-state index contributed by atoms with van der Waals surface area (Å²) in [6.45, 7) is 4.42. The molecule has 3 unspecified atom stereocenters. The maximum absolute atomic E-state index is 9.41. The van der Waals surface area contributed by atoms with E-state index in [0.29, 0.717) is 10.6 Å². The van der Waals surface area contributed by atoms with Crippen molar-refractivity contribution in [1.29, 1.82) is 5.26 Å². The first kappa shape index (κ1) is 23.3. The topological polar surface area (TPSA) is 80.6 Å². The molecular formula is C26H26B2ClN3O2. The van der Waals surface area contributed by atoms with Crippen molar-refractivity contribution >= 4 is 33.3 Å². The fraction of sp³-hybridized carbons (Fsp3) is 0.462. The van der Waals surface area contributed by atoms with Crippen molar-refractivity contribution in [3.8, 4) is 17.2 Å². The highest BCUT2D eigenvalue weighted by Crippen LogP contribution is 2.66. The van der Waals surface area contributed by atoms with Crippen LogP contribution in [-0.4, -0.2) is 40.3 Å². The molecule has 1 heterocycles. The minimum atomic E-state index is -1.60. The summed E-state index contributed by atoms with van der Waals surface area (Å²) in [6, 6.07) is 13.7. The van der Waals surface area contributed by atoms with Crippen LogP contribution in [0.2, 0.25) is 5.02 Å². The molecule has 5 atom stereocenters. The van der Waals surface area contributed by atoms with Crippen molar-refractivity contribution in [1.82, 2.24) is 0 Å². The fourth-order valence-corrected chi connectivity index (χ4v) is 7.42. The predicted molar refractivity (Wildman–Crippen MR) is 135 cm³/mol. The highest BCUT2D eigenvalue weighted by Gasteiger charge is 2.69. The second-order valence-corrected chi connectivity index (χ2v) is 10.7. The molecule has 2 N–H and O–H groups in total. The Kier molecular flexibility index (Phi) is 5.35. The van der Waals surface area contributed by atoms with Crippen LogP contribution >= 0.6 is 11.6 Å². The second kappa shape index (κ2) is 7.80. The lowest BCUT2D eigenvalue weighted by atomic mass is 9.43. The Morgan fingerprint density at radius 3 is 2.44 bits per heavy atom. The van der Waals surface area contributed by atoms with Gasteiger partial charge < -0.3 is 15.2 Å². The Labute approximate surface area is 208 Å². The van der Waals surface area contributed by atoms with Crippen molar-refractivity contribution in [2.45, 2.75) is 50.2 Å². The van der Waals surface area contributed by atoms with E-state index in [1.165, 1.54) is 0 Å². The van der Waals surface area contributed by atoms with Crippen LogP contribution in [0.3, 0.4) is 0 Å². The molecule has 0 aromatic heterocycles. The van der Waals surface area contributed by atoms with E-state index >= 15 is 0 Å². The highest BCUT2D eigenvalue weighted by atomic mass is 35.5. The van der Waals surface area contributed by atoms with Crippen LogP contribution in [0.1, 0.15) is 43.4 Å². The standard InChI is InChI=1S/C26H26B2ClN3O2/c1-14-10-24(11-15(2)22(14)33-3)12-18-5-4-17(19-6-16(13-30)7-20(29)8-19)9-21(18)25(24)26(27,28)34-23(31)32-25/h4-9,14-15,22H,10-12H2,1-3H3,(H2,31,32)/t14-,15+,22?,24?,25?. The van der Waals surface area contributed by atoms with Gasteiger partial charge in [0.05, 0.1) is 23.1 Å². The number of rotatable bonds is 2. The van der Waals surface area contributed by atoms with Gasteiger partial charge in [-0.25, -0.2) is 4.99 Å². The smallest absolute Gasteiger partial charge is 0.281 e. The summed E-state index contributed by atoms with van der Waals surface area (Å²) >= 11 is 6.30. The minimum absolute atomic E-state index is 0.00585. The molecule has 1 aliphatic heterocycles. The molecule has 4 radical (unpaired) electrons. The van der Waals surface area contributed by atoms with Gasteiger partial charge >= 0.3 is 0 Å². The maximum atomic E-state index is 9.41. The lowest BCUT2D eigenvalue weighted by Crippen LogP contribution is -2.61. The van der Waals surface area contributed by atoms with Crippen molar-refractivity contribution in [3.63, 3.8) is 0 Å². The van der Waals surface area contributed by atoms with Crippen molar-refractivity contribution in [2.24, 2.45) is 28.0 Å². The molecule has 2 aliphatic carbocycles. The van der Waals surface area contributed by atoms with Crippen LogP contribution < -0.4 is 5.73 Å². The predicted octanol–water partition coefficient (Wildman–Crippen LogP) is 4.03. The van der Waals surface area contributed by atoms with Crippen LogP contribution in [0.5, 0.6) is 0 Å². The maximum Gasteiger partial charge on any atom is 0.281 e. The Hall–Kier alpha value is -2.42. The zero-order chi connectivity index (χ0) is 24.5. The number of hydrogen-bond acceptors (Lipinski definition) is 5. The number of hydrogen-bond donors (Lipinski definition) is 1. The number of nitrogens with two attached hydrogens (primary N) is 1. The Morgan fingerprint density at radius 2 is 1.85 bits per heavy atom. The molecule has 8 heteroatoms. The first-order valence-electron chi connectivity index (χ1n) is 11.6. The third-order valence-electron chi connectivity index (χ3n) is 8.09. The van der Waals surface area contributed by atoms with Gasteiger partial charge in [0.25, 0.3) is 6.02 Å². The van der Waals surface area contributed by atoms with Crippen LogP contribution in [-0.2, 0) is 21.4 Å². The van der Waals surface area contributed by atoms with Gasteiger partial charge in [-0.2, -0.15) is 5.26 Å². The van der Waals surface area contributed by atoms with Gasteiger partial charge in [-0.05, 0) is 77.6 Å².